The van der Waals surface area contributed by atoms with Crippen LogP contribution in [0.4, 0.5) is 0 Å². The van der Waals surface area contributed by atoms with Crippen molar-refractivity contribution in [3.8, 4) is 0 Å². The predicted octanol–water partition coefficient (Wildman–Crippen LogP) is 1.80. The maximum atomic E-state index is 12.5. The average Bonchev–Trinajstić information content (AvgIpc) is 2.94. The Hall–Kier alpha value is -0.0300. The maximum Gasteiger partial charge on any atom is 0.225 e. The number of hydrogen-bond acceptors (Lipinski definition) is 3. The van der Waals surface area contributed by atoms with Gasteiger partial charge in [-0.1, -0.05) is 0 Å². The number of likely N-dealkylation sites (tertiary alicyclic amines) is 1. The van der Waals surface area contributed by atoms with Gasteiger partial charge in [0.15, 0.2) is 0 Å². The number of hydrogen-bond donors (Lipinski definition) is 2. The number of fused-ring (bicyclic) bond motifs is 2. The van der Waals surface area contributed by atoms with E-state index in [0.29, 0.717) is 23.9 Å². The highest BCUT2D eigenvalue weighted by Gasteiger charge is 2.49. The molecule has 6 heteroatoms. The molecule has 124 valence electrons. The topological polar surface area (TPSA) is 58.4 Å². The Morgan fingerprint density at radius 1 is 1.14 bits per heavy atom. The molecule has 1 heterocycles. The van der Waals surface area contributed by atoms with E-state index in [-0.39, 0.29) is 42.7 Å². The lowest BCUT2D eigenvalue weighted by Gasteiger charge is -2.36. The van der Waals surface area contributed by atoms with E-state index < -0.39 is 0 Å². The lowest BCUT2D eigenvalue weighted by atomic mass is 9.84. The van der Waals surface area contributed by atoms with E-state index in [0.717, 1.165) is 19.4 Å². The number of halogens is 2. The van der Waals surface area contributed by atoms with Gasteiger partial charge in [-0.05, 0) is 57.9 Å². The van der Waals surface area contributed by atoms with Gasteiger partial charge in [0.05, 0.1) is 5.92 Å². The number of amides is 1. The Morgan fingerprint density at radius 3 is 2.38 bits per heavy atom. The summed E-state index contributed by atoms with van der Waals surface area (Å²) in [5, 5.41) is 3.28. The van der Waals surface area contributed by atoms with Gasteiger partial charge in [0, 0.05) is 24.7 Å². The molecule has 6 unspecified atom stereocenters. The van der Waals surface area contributed by atoms with Crippen molar-refractivity contribution in [1.82, 2.24) is 10.2 Å². The predicted molar refractivity (Wildman–Crippen MR) is 90.0 cm³/mol. The second-order valence-corrected chi connectivity index (χ2v) is 7.00. The van der Waals surface area contributed by atoms with Crippen molar-refractivity contribution in [2.45, 2.75) is 57.2 Å². The minimum Gasteiger partial charge on any atom is -0.353 e. The van der Waals surface area contributed by atoms with Gasteiger partial charge in [-0.25, -0.2) is 0 Å². The van der Waals surface area contributed by atoms with Crippen LogP contribution in [0, 0.1) is 17.8 Å². The summed E-state index contributed by atoms with van der Waals surface area (Å²) in [6.07, 6.45) is 5.77. The third-order valence-corrected chi connectivity index (χ3v) is 5.84. The number of carbonyl (C=O) groups is 1. The minimum absolute atomic E-state index is 0. The van der Waals surface area contributed by atoms with Gasteiger partial charge >= 0.3 is 0 Å². The zero-order chi connectivity index (χ0) is 13.6. The number of piperidine rings is 1. The number of nitrogens with two attached hydrogens (primary N) is 1. The third-order valence-electron chi connectivity index (χ3n) is 5.84. The van der Waals surface area contributed by atoms with Gasteiger partial charge in [-0.3, -0.25) is 4.79 Å². The Morgan fingerprint density at radius 2 is 1.81 bits per heavy atom. The molecule has 0 aromatic heterocycles. The Bertz CT molecular complexity index is 367. The van der Waals surface area contributed by atoms with Gasteiger partial charge in [0.1, 0.15) is 0 Å². The molecule has 3 rings (SSSR count). The highest BCUT2D eigenvalue weighted by atomic mass is 35.5. The molecule has 4 nitrogen and oxygen atoms in total. The maximum absolute atomic E-state index is 12.5. The van der Waals surface area contributed by atoms with Crippen molar-refractivity contribution in [2.75, 3.05) is 13.6 Å². The van der Waals surface area contributed by atoms with E-state index in [2.05, 4.69) is 24.2 Å². The summed E-state index contributed by atoms with van der Waals surface area (Å²) < 4.78 is 0. The highest BCUT2D eigenvalue weighted by Crippen LogP contribution is 2.47. The van der Waals surface area contributed by atoms with Crippen molar-refractivity contribution < 1.29 is 4.79 Å². The van der Waals surface area contributed by atoms with Crippen molar-refractivity contribution in [3.63, 3.8) is 0 Å². The van der Waals surface area contributed by atoms with Crippen LogP contribution in [0.1, 0.15) is 39.0 Å². The summed E-state index contributed by atoms with van der Waals surface area (Å²) >= 11 is 0. The van der Waals surface area contributed by atoms with Crippen LogP contribution in [0.5, 0.6) is 0 Å². The van der Waals surface area contributed by atoms with Crippen molar-refractivity contribution in [2.24, 2.45) is 23.5 Å². The molecule has 0 spiro atoms. The zero-order valence-corrected chi connectivity index (χ0v) is 14.6. The Balaban J connectivity index is 0.00000110. The molecule has 0 aromatic carbocycles. The van der Waals surface area contributed by atoms with E-state index in [1.807, 2.05) is 0 Å². The molecule has 2 bridgehead atoms. The molecule has 3 fully saturated rings. The summed E-state index contributed by atoms with van der Waals surface area (Å²) in [5.41, 5.74) is 6.25. The molecule has 2 saturated carbocycles. The number of nitrogens with zero attached hydrogens (tertiary/aromatic N) is 1. The van der Waals surface area contributed by atoms with Crippen LogP contribution >= 0.6 is 24.8 Å². The molecule has 1 aliphatic heterocycles. The molecule has 1 saturated heterocycles. The van der Waals surface area contributed by atoms with Gasteiger partial charge < -0.3 is 16.0 Å². The van der Waals surface area contributed by atoms with E-state index >= 15 is 0 Å². The fourth-order valence-electron chi connectivity index (χ4n) is 4.44. The quantitative estimate of drug-likeness (QED) is 0.807. The monoisotopic (exact) mass is 337 g/mol. The molecule has 3 aliphatic rings. The third kappa shape index (κ3) is 3.66. The highest BCUT2D eigenvalue weighted by molar-refractivity contribution is 5.85. The summed E-state index contributed by atoms with van der Waals surface area (Å²) in [5.74, 6) is 1.50. The van der Waals surface area contributed by atoms with Crippen LogP contribution in [0.2, 0.25) is 0 Å². The average molecular weight is 338 g/mol. The molecule has 2 aliphatic carbocycles. The molecule has 1 amide bonds. The van der Waals surface area contributed by atoms with Crippen LogP contribution in [0.15, 0.2) is 0 Å². The first kappa shape index (κ1) is 19.0. The van der Waals surface area contributed by atoms with E-state index in [4.69, 9.17) is 5.73 Å². The lowest BCUT2D eigenvalue weighted by molar-refractivity contribution is -0.128. The first-order valence-corrected chi connectivity index (χ1v) is 7.82. The first-order chi connectivity index (χ1) is 9.06. The largest absolute Gasteiger partial charge is 0.353 e. The summed E-state index contributed by atoms with van der Waals surface area (Å²) in [6.45, 7) is 3.32. The fraction of sp³-hybridized carbons (Fsp3) is 0.933. The van der Waals surface area contributed by atoms with Crippen LogP contribution in [0.3, 0.4) is 0 Å². The first-order valence-electron chi connectivity index (χ1n) is 7.82. The minimum atomic E-state index is 0. The summed E-state index contributed by atoms with van der Waals surface area (Å²) in [7, 11) is 2.16. The number of nitrogens with one attached hydrogen (secondary N) is 1. The van der Waals surface area contributed by atoms with Crippen LogP contribution in [-0.4, -0.2) is 42.5 Å². The standard InChI is InChI=1S/C15H27N3O.2ClH/c1-9-7-12(5-6-18(9)2)17-15(19)13-10-3-4-11(8-10)14(13)16;;/h9-14H,3-8,16H2,1-2H3,(H,17,19);2*1H. The van der Waals surface area contributed by atoms with Crippen LogP contribution in [0.25, 0.3) is 0 Å². The van der Waals surface area contributed by atoms with E-state index in [1.54, 1.807) is 0 Å². The molecule has 6 atom stereocenters. The van der Waals surface area contributed by atoms with Gasteiger partial charge in [0.2, 0.25) is 5.91 Å². The molecule has 0 radical (unpaired) electrons. The smallest absolute Gasteiger partial charge is 0.225 e. The molecule has 3 N–H and O–H groups in total. The molecule has 21 heavy (non-hydrogen) atoms. The van der Waals surface area contributed by atoms with Gasteiger partial charge in [-0.15, -0.1) is 24.8 Å². The Labute approximate surface area is 140 Å². The fourth-order valence-corrected chi connectivity index (χ4v) is 4.44. The second-order valence-electron chi connectivity index (χ2n) is 7.00. The van der Waals surface area contributed by atoms with E-state index in [9.17, 15) is 4.79 Å². The Kier molecular flexibility index (Phi) is 6.79. The molecular formula is C15H29Cl2N3O. The number of rotatable bonds is 2. The van der Waals surface area contributed by atoms with Crippen molar-refractivity contribution in [3.05, 3.63) is 0 Å². The summed E-state index contributed by atoms with van der Waals surface area (Å²) in [4.78, 5) is 14.9. The number of carbonyl (C=O) groups excluding carboxylic acids is 1. The zero-order valence-electron chi connectivity index (χ0n) is 13.0. The molecule has 0 aromatic rings. The van der Waals surface area contributed by atoms with Crippen LogP contribution in [-0.2, 0) is 4.79 Å². The van der Waals surface area contributed by atoms with Crippen molar-refractivity contribution >= 4 is 30.7 Å². The summed E-state index contributed by atoms with van der Waals surface area (Å²) in [6, 6.07) is 1.03. The van der Waals surface area contributed by atoms with Crippen molar-refractivity contribution in [1.29, 1.82) is 0 Å². The normalized spacial score (nSPS) is 42.0. The molecular weight excluding hydrogens is 309 g/mol. The lowest BCUT2D eigenvalue weighted by Crippen LogP contribution is -2.52. The van der Waals surface area contributed by atoms with Crippen LogP contribution < -0.4 is 11.1 Å². The van der Waals surface area contributed by atoms with E-state index in [1.165, 1.54) is 19.3 Å². The SMILES string of the molecule is CC1CC(NC(=O)C2C3CCC(C3)C2N)CCN1C.Cl.Cl. The van der Waals surface area contributed by atoms with Gasteiger partial charge in [-0.2, -0.15) is 0 Å². The second kappa shape index (κ2) is 7.49. The van der Waals surface area contributed by atoms with Gasteiger partial charge in [0.25, 0.3) is 0 Å².